The number of hydrogen-bond acceptors (Lipinski definition) is 5. The van der Waals surface area contributed by atoms with Crippen LogP contribution in [-0.4, -0.2) is 19.6 Å². The molecule has 1 saturated carbocycles. The Kier molecular flexibility index (Phi) is 8.05. The summed E-state index contributed by atoms with van der Waals surface area (Å²) in [5.41, 5.74) is 8.64. The first-order valence-electron chi connectivity index (χ1n) is 14.0. The molecule has 6 heteroatoms. The number of fused-ring (bicyclic) bond motifs is 2. The second kappa shape index (κ2) is 11.3. The van der Waals surface area contributed by atoms with E-state index in [-0.39, 0.29) is 11.8 Å². The van der Waals surface area contributed by atoms with Gasteiger partial charge in [-0.05, 0) is 103 Å². The maximum atomic E-state index is 12.9. The number of rotatable bonds is 12. The van der Waals surface area contributed by atoms with Crippen molar-refractivity contribution in [3.63, 3.8) is 0 Å². The molecule has 5 nitrogen and oxygen atoms in total. The molecule has 1 spiro atoms. The zero-order valence-corrected chi connectivity index (χ0v) is 24.6. The Labute approximate surface area is 232 Å². The van der Waals surface area contributed by atoms with Gasteiger partial charge in [0.15, 0.2) is 6.35 Å². The maximum Gasteiger partial charge on any atom is 0.367 e. The number of ether oxygens (including phenoxy) is 2. The molecule has 2 aliphatic rings. The van der Waals surface area contributed by atoms with Crippen molar-refractivity contribution in [1.82, 2.24) is 0 Å². The van der Waals surface area contributed by atoms with Gasteiger partial charge < -0.3 is 18.5 Å². The van der Waals surface area contributed by atoms with E-state index in [1.54, 1.807) is 0 Å². The monoisotopic (exact) mass is 546 g/mol. The van der Waals surface area contributed by atoms with Gasteiger partial charge in [-0.1, -0.05) is 56.3 Å². The molecule has 3 aromatic rings. The van der Waals surface area contributed by atoms with Crippen LogP contribution in [0.3, 0.4) is 0 Å². The van der Waals surface area contributed by atoms with E-state index in [9.17, 15) is 4.57 Å². The van der Waals surface area contributed by atoms with E-state index in [2.05, 4.69) is 63.2 Å². The Morgan fingerprint density at radius 1 is 0.923 bits per heavy atom. The van der Waals surface area contributed by atoms with Crippen LogP contribution in [0.1, 0.15) is 79.8 Å². The normalized spacial score (nSPS) is 15.4. The van der Waals surface area contributed by atoms with Gasteiger partial charge in [0.1, 0.15) is 18.1 Å². The molecule has 3 aromatic carbocycles. The minimum atomic E-state index is -3.29. The Morgan fingerprint density at radius 3 is 2.28 bits per heavy atom. The third-order valence-electron chi connectivity index (χ3n) is 7.54. The second-order valence-corrected chi connectivity index (χ2v) is 12.8. The topological polar surface area (TPSA) is 54.0 Å². The van der Waals surface area contributed by atoms with Crippen LogP contribution in [0.15, 0.2) is 66.7 Å². The van der Waals surface area contributed by atoms with Gasteiger partial charge in [-0.2, -0.15) is 0 Å². The largest absolute Gasteiger partial charge is 0.489 e. The van der Waals surface area contributed by atoms with E-state index in [4.69, 9.17) is 18.5 Å². The molecule has 0 radical (unpaired) electrons. The third kappa shape index (κ3) is 5.87. The van der Waals surface area contributed by atoms with Crippen LogP contribution < -0.4 is 9.47 Å². The molecule has 0 aromatic heterocycles. The molecule has 0 aliphatic heterocycles. The Balaban J connectivity index is 1.42. The lowest BCUT2D eigenvalue weighted by Gasteiger charge is -2.20. The summed E-state index contributed by atoms with van der Waals surface area (Å²) in [5.74, 6) is 1.97. The first-order chi connectivity index (χ1) is 18.8. The fourth-order valence-corrected chi connectivity index (χ4v) is 6.80. The van der Waals surface area contributed by atoms with Crippen LogP contribution in [0.5, 0.6) is 11.5 Å². The van der Waals surface area contributed by atoms with Crippen LogP contribution in [0.2, 0.25) is 0 Å². The molecule has 0 bridgehead atoms. The van der Waals surface area contributed by atoms with Gasteiger partial charge in [-0.3, -0.25) is 4.57 Å². The number of aryl methyl sites for hydroxylation is 1. The highest BCUT2D eigenvalue weighted by atomic mass is 31.2. The molecular weight excluding hydrogens is 507 g/mol. The Morgan fingerprint density at radius 2 is 1.64 bits per heavy atom. The molecule has 0 heterocycles. The highest BCUT2D eigenvalue weighted by Crippen LogP contribution is 2.59. The molecule has 5 rings (SSSR count). The quantitative estimate of drug-likeness (QED) is 0.213. The molecule has 1 fully saturated rings. The predicted molar refractivity (Wildman–Crippen MR) is 157 cm³/mol. The van der Waals surface area contributed by atoms with Gasteiger partial charge in [-0.15, -0.1) is 0 Å². The number of benzene rings is 3. The van der Waals surface area contributed by atoms with Crippen molar-refractivity contribution in [2.75, 3.05) is 19.6 Å². The van der Waals surface area contributed by atoms with Gasteiger partial charge in [0.2, 0.25) is 0 Å². The van der Waals surface area contributed by atoms with Gasteiger partial charge in [0.05, 0.1) is 13.2 Å². The summed E-state index contributed by atoms with van der Waals surface area (Å²) >= 11 is 0. The lowest BCUT2D eigenvalue weighted by atomic mass is 9.90. The van der Waals surface area contributed by atoms with Gasteiger partial charge in [-0.25, -0.2) is 0 Å². The molecule has 0 unspecified atom stereocenters. The molecule has 0 amide bonds. The lowest BCUT2D eigenvalue weighted by Crippen LogP contribution is -2.07. The minimum Gasteiger partial charge on any atom is -0.489 e. The fourth-order valence-electron chi connectivity index (χ4n) is 5.48. The summed E-state index contributed by atoms with van der Waals surface area (Å²) < 4.78 is 36.1. The molecule has 2 aliphatic carbocycles. The minimum absolute atomic E-state index is 0.0544. The highest BCUT2D eigenvalue weighted by molar-refractivity contribution is 7.53. The smallest absolute Gasteiger partial charge is 0.367 e. The first kappa shape index (κ1) is 27.7. The Hall–Kier alpha value is -2.85. The maximum absolute atomic E-state index is 12.9. The predicted octanol–water partition coefficient (Wildman–Crippen LogP) is 8.78. The van der Waals surface area contributed by atoms with Crippen LogP contribution >= 0.6 is 7.60 Å². The average molecular weight is 547 g/mol. The van der Waals surface area contributed by atoms with Crippen LogP contribution in [-0.2, 0) is 25.6 Å². The average Bonchev–Trinajstić information content (AvgIpc) is 3.63. The summed E-state index contributed by atoms with van der Waals surface area (Å²) in [7, 11) is -3.29. The van der Waals surface area contributed by atoms with E-state index in [0.29, 0.717) is 31.5 Å². The summed E-state index contributed by atoms with van der Waals surface area (Å²) in [5, 5.41) is 0. The molecule has 206 valence electrons. The summed E-state index contributed by atoms with van der Waals surface area (Å²) in [6.07, 6.45) is 4.60. The zero-order valence-electron chi connectivity index (χ0n) is 23.7. The van der Waals surface area contributed by atoms with Crippen molar-refractivity contribution in [2.24, 2.45) is 0 Å². The summed E-state index contributed by atoms with van der Waals surface area (Å²) in [6.45, 7) is 11.4. The SMILES string of the molecule is CCOP(=O)(COc1cc(C)c2c(c1)C1(C=C2c2ccc(OCc3ccccc3)c(C(C)C)c2)CC1)OCC. The summed E-state index contributed by atoms with van der Waals surface area (Å²) in [4.78, 5) is 0. The van der Waals surface area contributed by atoms with Crippen molar-refractivity contribution < 1.29 is 23.1 Å². The fraction of sp³-hybridized carbons (Fsp3) is 0.394. The lowest BCUT2D eigenvalue weighted by molar-refractivity contribution is 0.197. The van der Waals surface area contributed by atoms with E-state index in [1.165, 1.54) is 27.8 Å². The number of hydrogen-bond donors (Lipinski definition) is 0. The van der Waals surface area contributed by atoms with E-state index in [0.717, 1.165) is 29.7 Å². The Bertz CT molecular complexity index is 1400. The van der Waals surface area contributed by atoms with Crippen molar-refractivity contribution in [3.05, 3.63) is 100 Å². The van der Waals surface area contributed by atoms with Gasteiger partial charge in [0, 0.05) is 5.41 Å². The van der Waals surface area contributed by atoms with E-state index in [1.807, 2.05) is 38.1 Å². The van der Waals surface area contributed by atoms with Gasteiger partial charge >= 0.3 is 7.60 Å². The zero-order chi connectivity index (χ0) is 27.6. The molecule has 0 N–H and O–H groups in total. The van der Waals surface area contributed by atoms with Crippen LogP contribution in [0.4, 0.5) is 0 Å². The molecule has 39 heavy (non-hydrogen) atoms. The molecular formula is C33H39O5P. The van der Waals surface area contributed by atoms with Crippen LogP contribution in [0, 0.1) is 6.92 Å². The van der Waals surface area contributed by atoms with E-state index < -0.39 is 7.60 Å². The van der Waals surface area contributed by atoms with Crippen molar-refractivity contribution in [3.8, 4) is 11.5 Å². The second-order valence-electron chi connectivity index (χ2n) is 10.8. The molecule has 0 atom stereocenters. The standard InChI is InChI=1S/C33H39O5P/c1-6-37-39(34,38-7-2)22-36-27-17-24(5)32-29(20-33(15-16-33)30(32)19-27)26-13-14-31(28(18-26)23(3)4)35-21-25-11-9-8-10-12-25/h8-14,17-20,23H,6-7,15-16,21-22H2,1-5H3. The summed E-state index contributed by atoms with van der Waals surface area (Å²) in [6, 6.07) is 21.1. The molecule has 0 saturated heterocycles. The number of allylic oxidation sites excluding steroid dienone is 1. The van der Waals surface area contributed by atoms with E-state index >= 15 is 0 Å². The van der Waals surface area contributed by atoms with Crippen molar-refractivity contribution in [2.45, 2.75) is 65.4 Å². The third-order valence-corrected chi connectivity index (χ3v) is 9.29. The first-order valence-corrected chi connectivity index (χ1v) is 15.7. The van der Waals surface area contributed by atoms with Crippen molar-refractivity contribution >= 4 is 13.2 Å². The highest BCUT2D eigenvalue weighted by Gasteiger charge is 2.48. The van der Waals surface area contributed by atoms with Crippen molar-refractivity contribution in [1.29, 1.82) is 0 Å². The van der Waals surface area contributed by atoms with Gasteiger partial charge in [0.25, 0.3) is 0 Å². The van der Waals surface area contributed by atoms with Crippen LogP contribution in [0.25, 0.3) is 5.57 Å².